The number of fused-ring (bicyclic) bond motifs is 7. The van der Waals surface area contributed by atoms with Crippen LogP contribution in [-0.4, -0.2) is 6.29 Å². The van der Waals surface area contributed by atoms with Gasteiger partial charge in [0.2, 0.25) is 0 Å². The van der Waals surface area contributed by atoms with Crippen molar-refractivity contribution in [3.05, 3.63) is 11.6 Å². The minimum Gasteiger partial charge on any atom is -0.298 e. The molecule has 31 heavy (non-hydrogen) atoms. The Morgan fingerprint density at radius 1 is 0.774 bits per heavy atom. The van der Waals surface area contributed by atoms with Crippen LogP contribution in [0.3, 0.4) is 0 Å². The average molecular weight is 425 g/mol. The van der Waals surface area contributed by atoms with Crippen molar-refractivity contribution in [3.8, 4) is 0 Å². The number of rotatable bonds is 2. The van der Waals surface area contributed by atoms with Gasteiger partial charge in [-0.2, -0.15) is 0 Å². The second kappa shape index (κ2) is 6.73. The SMILES string of the molecule is CC(C)C1CCC2C1(C)CC[C@]1(C)C3CC[C@]4(C)C(C=O)=CCCC4[C@]3(C)CCC21C. The van der Waals surface area contributed by atoms with E-state index in [-0.39, 0.29) is 5.41 Å². The first-order valence-corrected chi connectivity index (χ1v) is 13.6. The van der Waals surface area contributed by atoms with Gasteiger partial charge in [0.15, 0.2) is 0 Å². The lowest BCUT2D eigenvalue weighted by atomic mass is 9.32. The molecule has 6 unspecified atom stereocenters. The van der Waals surface area contributed by atoms with Crippen molar-refractivity contribution in [2.75, 3.05) is 0 Å². The van der Waals surface area contributed by atoms with Gasteiger partial charge in [-0.05, 0) is 126 Å². The zero-order valence-corrected chi connectivity index (χ0v) is 21.5. The average Bonchev–Trinajstić information content (AvgIpc) is 3.08. The molecule has 0 aromatic heterocycles. The zero-order valence-electron chi connectivity index (χ0n) is 21.5. The largest absolute Gasteiger partial charge is 0.298 e. The van der Waals surface area contributed by atoms with Crippen molar-refractivity contribution in [2.45, 2.75) is 113 Å². The monoisotopic (exact) mass is 424 g/mol. The summed E-state index contributed by atoms with van der Waals surface area (Å²) in [6, 6.07) is 0. The minimum absolute atomic E-state index is 0.120. The third kappa shape index (κ3) is 2.53. The number of carbonyl (C=O) groups is 1. The molecular weight excluding hydrogens is 376 g/mol. The van der Waals surface area contributed by atoms with Gasteiger partial charge in [-0.1, -0.05) is 54.5 Å². The lowest BCUT2D eigenvalue weighted by Crippen LogP contribution is -2.66. The molecule has 174 valence electrons. The second-order valence-corrected chi connectivity index (χ2v) is 14.2. The van der Waals surface area contributed by atoms with Crippen LogP contribution in [0, 0.1) is 56.7 Å². The van der Waals surface area contributed by atoms with Gasteiger partial charge in [-0.3, -0.25) is 4.79 Å². The number of hydrogen-bond acceptors (Lipinski definition) is 1. The van der Waals surface area contributed by atoms with Crippen LogP contribution < -0.4 is 0 Å². The Labute approximate surface area is 192 Å². The fourth-order valence-corrected chi connectivity index (χ4v) is 11.7. The molecule has 0 saturated heterocycles. The van der Waals surface area contributed by atoms with E-state index in [0.29, 0.717) is 27.6 Å². The van der Waals surface area contributed by atoms with Crippen molar-refractivity contribution in [1.29, 1.82) is 0 Å². The van der Waals surface area contributed by atoms with Crippen LogP contribution in [0.2, 0.25) is 0 Å². The molecule has 0 heterocycles. The predicted molar refractivity (Wildman–Crippen MR) is 130 cm³/mol. The fourth-order valence-electron chi connectivity index (χ4n) is 11.7. The van der Waals surface area contributed by atoms with E-state index in [4.69, 9.17) is 0 Å². The van der Waals surface area contributed by atoms with E-state index in [0.717, 1.165) is 35.7 Å². The fraction of sp³-hybridized carbons (Fsp3) is 0.900. The molecule has 0 aromatic rings. The Bertz CT molecular complexity index is 794. The summed E-state index contributed by atoms with van der Waals surface area (Å²) >= 11 is 0. The van der Waals surface area contributed by atoms with Gasteiger partial charge in [0.05, 0.1) is 0 Å². The van der Waals surface area contributed by atoms with Gasteiger partial charge in [0.25, 0.3) is 0 Å². The Morgan fingerprint density at radius 3 is 2.00 bits per heavy atom. The lowest BCUT2D eigenvalue weighted by Gasteiger charge is -2.73. The Balaban J connectivity index is 1.54. The molecule has 0 bridgehead atoms. The summed E-state index contributed by atoms with van der Waals surface area (Å²) in [6.07, 6.45) is 17.0. The number of hydrogen-bond donors (Lipinski definition) is 0. The molecular formula is C30H48O. The molecule has 4 fully saturated rings. The quantitative estimate of drug-likeness (QED) is 0.408. The smallest absolute Gasteiger partial charge is 0.146 e. The highest BCUT2D eigenvalue weighted by Gasteiger charge is 2.71. The maximum atomic E-state index is 12.0. The van der Waals surface area contributed by atoms with Crippen molar-refractivity contribution in [2.24, 2.45) is 56.7 Å². The summed E-state index contributed by atoms with van der Waals surface area (Å²) < 4.78 is 0. The maximum Gasteiger partial charge on any atom is 0.146 e. The lowest BCUT2D eigenvalue weighted by molar-refractivity contribution is -0.235. The topological polar surface area (TPSA) is 17.1 Å². The molecule has 0 amide bonds. The van der Waals surface area contributed by atoms with E-state index in [1.54, 1.807) is 0 Å². The summed E-state index contributed by atoms with van der Waals surface area (Å²) in [5, 5.41) is 0. The highest BCUT2D eigenvalue weighted by atomic mass is 16.1. The molecule has 0 N–H and O–H groups in total. The van der Waals surface area contributed by atoms with Gasteiger partial charge in [0.1, 0.15) is 6.29 Å². The molecule has 5 rings (SSSR count). The first-order valence-electron chi connectivity index (χ1n) is 13.6. The van der Waals surface area contributed by atoms with Crippen molar-refractivity contribution >= 4 is 6.29 Å². The van der Waals surface area contributed by atoms with E-state index >= 15 is 0 Å². The highest BCUT2D eigenvalue weighted by Crippen LogP contribution is 2.78. The highest BCUT2D eigenvalue weighted by molar-refractivity contribution is 5.76. The third-order valence-electron chi connectivity index (χ3n) is 13.3. The molecule has 1 heteroatoms. The Morgan fingerprint density at radius 2 is 1.39 bits per heavy atom. The van der Waals surface area contributed by atoms with Crippen LogP contribution in [0.4, 0.5) is 0 Å². The molecule has 0 aliphatic heterocycles. The predicted octanol–water partition coefficient (Wildman–Crippen LogP) is 8.23. The van der Waals surface area contributed by atoms with E-state index in [9.17, 15) is 4.79 Å². The number of aldehydes is 1. The summed E-state index contributed by atoms with van der Waals surface area (Å²) in [5.41, 5.74) is 3.15. The first-order chi connectivity index (χ1) is 14.5. The molecule has 4 saturated carbocycles. The summed E-state index contributed by atoms with van der Waals surface area (Å²) in [7, 11) is 0. The van der Waals surface area contributed by atoms with Gasteiger partial charge in [0, 0.05) is 0 Å². The van der Waals surface area contributed by atoms with Gasteiger partial charge < -0.3 is 0 Å². The minimum atomic E-state index is 0.120. The van der Waals surface area contributed by atoms with Gasteiger partial charge >= 0.3 is 0 Å². The Kier molecular flexibility index (Phi) is 4.82. The molecule has 0 radical (unpaired) electrons. The normalized spacial score (nSPS) is 56.2. The molecule has 0 spiro atoms. The maximum absolute atomic E-state index is 12.0. The molecule has 1 nitrogen and oxygen atoms in total. The van der Waals surface area contributed by atoms with Crippen molar-refractivity contribution in [3.63, 3.8) is 0 Å². The van der Waals surface area contributed by atoms with Crippen LogP contribution in [0.5, 0.6) is 0 Å². The van der Waals surface area contributed by atoms with Gasteiger partial charge in [-0.25, -0.2) is 0 Å². The summed E-state index contributed by atoms with van der Waals surface area (Å²) in [6.45, 7) is 18.2. The van der Waals surface area contributed by atoms with E-state index in [1.807, 2.05) is 0 Å². The molecule has 0 aromatic carbocycles. The van der Waals surface area contributed by atoms with Crippen LogP contribution in [0.1, 0.15) is 113 Å². The summed E-state index contributed by atoms with van der Waals surface area (Å²) in [4.78, 5) is 12.0. The van der Waals surface area contributed by atoms with Crippen molar-refractivity contribution in [1.82, 2.24) is 0 Å². The summed E-state index contributed by atoms with van der Waals surface area (Å²) in [5.74, 6) is 4.15. The first kappa shape index (κ1) is 22.2. The van der Waals surface area contributed by atoms with Gasteiger partial charge in [-0.15, -0.1) is 0 Å². The third-order valence-corrected chi connectivity index (χ3v) is 13.3. The van der Waals surface area contributed by atoms with Crippen LogP contribution in [0.15, 0.2) is 11.6 Å². The van der Waals surface area contributed by atoms with Crippen LogP contribution >= 0.6 is 0 Å². The standard InChI is InChI=1S/C30H48O/c1-20(2)22-11-12-24-27(22,4)15-17-30(7)25-13-14-26(3)21(19-31)9-8-10-23(26)28(25,5)16-18-29(24,30)6/h9,19-20,22-25H,8,10-18H2,1-7H3/t22?,23?,24?,25?,26-,27?,28+,29?,30-/m1/s1. The van der Waals surface area contributed by atoms with E-state index in [2.05, 4.69) is 54.5 Å². The molecule has 5 aliphatic rings. The second-order valence-electron chi connectivity index (χ2n) is 14.2. The van der Waals surface area contributed by atoms with E-state index < -0.39 is 0 Å². The molecule has 5 aliphatic carbocycles. The number of allylic oxidation sites excluding steroid dienone is 2. The van der Waals surface area contributed by atoms with Crippen LogP contribution in [-0.2, 0) is 4.79 Å². The molecule has 9 atom stereocenters. The van der Waals surface area contributed by atoms with Crippen molar-refractivity contribution < 1.29 is 4.79 Å². The van der Waals surface area contributed by atoms with E-state index in [1.165, 1.54) is 64.1 Å². The Hall–Kier alpha value is -0.590. The zero-order chi connectivity index (χ0) is 22.4. The van der Waals surface area contributed by atoms with Crippen LogP contribution in [0.25, 0.3) is 0 Å². The number of carbonyl (C=O) groups excluding carboxylic acids is 1.